The number of benzene rings is 2. The van der Waals surface area contributed by atoms with Gasteiger partial charge in [-0.25, -0.2) is 4.98 Å². The molecule has 1 amide bonds. The van der Waals surface area contributed by atoms with Crippen LogP contribution in [0.5, 0.6) is 5.75 Å². The quantitative estimate of drug-likeness (QED) is 0.617. The lowest BCUT2D eigenvalue weighted by Crippen LogP contribution is -2.24. The van der Waals surface area contributed by atoms with Crippen molar-refractivity contribution in [2.24, 2.45) is 0 Å². The van der Waals surface area contributed by atoms with Crippen LogP contribution in [-0.4, -0.2) is 29.1 Å². The van der Waals surface area contributed by atoms with E-state index >= 15 is 0 Å². The van der Waals surface area contributed by atoms with E-state index in [4.69, 9.17) is 4.74 Å². The topological polar surface area (TPSA) is 56.1 Å². The molecule has 1 heterocycles. The molecule has 1 aromatic heterocycles. The predicted molar refractivity (Wildman–Crippen MR) is 107 cm³/mol. The van der Waals surface area contributed by atoms with E-state index < -0.39 is 0 Å². The number of carbonyl (C=O) groups excluding carboxylic acids is 1. The summed E-state index contributed by atoms with van der Waals surface area (Å²) in [5.74, 6) is 0.561. The van der Waals surface area contributed by atoms with Crippen molar-refractivity contribution < 1.29 is 9.53 Å². The fourth-order valence-corrected chi connectivity index (χ4v) is 2.99. The molecular formula is C22H25N3O2. The second-order valence-corrected chi connectivity index (χ2v) is 6.51. The summed E-state index contributed by atoms with van der Waals surface area (Å²) in [6.45, 7) is 2.60. The maximum atomic E-state index is 12.4. The summed E-state index contributed by atoms with van der Waals surface area (Å²) in [5, 5.41) is 2.99. The molecule has 0 saturated heterocycles. The first kappa shape index (κ1) is 18.7. The third-order valence-electron chi connectivity index (χ3n) is 4.45. The Hall–Kier alpha value is -3.08. The standard InChI is InChI=1S/C22H25N3O2/c1-17-15-25(16-24-17)20-12-11-19(14-21(20)27-2)22(26)23-13-7-6-10-18-8-4-3-5-9-18/h3-5,8-9,11-12,14-16H,6-7,10,13H2,1-2H3,(H,23,26). The Morgan fingerprint density at radius 1 is 1.15 bits per heavy atom. The first-order chi connectivity index (χ1) is 13.2. The second kappa shape index (κ2) is 9.03. The van der Waals surface area contributed by atoms with Crippen LogP contribution < -0.4 is 10.1 Å². The molecule has 0 aliphatic carbocycles. The Morgan fingerprint density at radius 3 is 2.67 bits per heavy atom. The van der Waals surface area contributed by atoms with Crippen molar-refractivity contribution in [3.8, 4) is 11.4 Å². The molecule has 140 valence electrons. The molecule has 5 heteroatoms. The zero-order valence-corrected chi connectivity index (χ0v) is 15.8. The molecule has 0 radical (unpaired) electrons. The smallest absolute Gasteiger partial charge is 0.251 e. The Kier molecular flexibility index (Phi) is 6.26. The van der Waals surface area contributed by atoms with E-state index in [0.29, 0.717) is 17.9 Å². The minimum absolute atomic E-state index is 0.0821. The van der Waals surface area contributed by atoms with E-state index in [2.05, 4.69) is 34.6 Å². The Balaban J connectivity index is 1.53. The number of methoxy groups -OCH3 is 1. The first-order valence-electron chi connectivity index (χ1n) is 9.18. The number of rotatable bonds is 8. The van der Waals surface area contributed by atoms with Gasteiger partial charge in [0, 0.05) is 18.3 Å². The molecule has 0 unspecified atom stereocenters. The second-order valence-electron chi connectivity index (χ2n) is 6.51. The zero-order valence-electron chi connectivity index (χ0n) is 15.8. The first-order valence-corrected chi connectivity index (χ1v) is 9.18. The van der Waals surface area contributed by atoms with Crippen LogP contribution in [0.25, 0.3) is 5.69 Å². The molecule has 3 rings (SSSR count). The lowest BCUT2D eigenvalue weighted by Gasteiger charge is -2.11. The van der Waals surface area contributed by atoms with Crippen LogP contribution in [0.4, 0.5) is 0 Å². The van der Waals surface area contributed by atoms with Crippen molar-refractivity contribution >= 4 is 5.91 Å². The number of unbranched alkanes of at least 4 members (excludes halogenated alkanes) is 1. The fourth-order valence-electron chi connectivity index (χ4n) is 2.99. The molecule has 5 nitrogen and oxygen atoms in total. The predicted octanol–water partition coefficient (Wildman–Crippen LogP) is 3.94. The highest BCUT2D eigenvalue weighted by Gasteiger charge is 2.11. The average Bonchev–Trinajstić information content (AvgIpc) is 3.14. The summed E-state index contributed by atoms with van der Waals surface area (Å²) >= 11 is 0. The number of ether oxygens (including phenoxy) is 1. The van der Waals surface area contributed by atoms with Gasteiger partial charge in [0.15, 0.2) is 0 Å². The van der Waals surface area contributed by atoms with Gasteiger partial charge in [-0.05, 0) is 49.9 Å². The molecule has 0 saturated carbocycles. The van der Waals surface area contributed by atoms with Crippen molar-refractivity contribution in [2.45, 2.75) is 26.2 Å². The van der Waals surface area contributed by atoms with E-state index in [1.54, 1.807) is 19.5 Å². The number of nitrogens with one attached hydrogen (secondary N) is 1. The van der Waals surface area contributed by atoms with E-state index in [1.807, 2.05) is 35.9 Å². The van der Waals surface area contributed by atoms with Gasteiger partial charge in [0.05, 0.1) is 24.8 Å². The molecule has 2 aromatic carbocycles. The Morgan fingerprint density at radius 2 is 1.96 bits per heavy atom. The summed E-state index contributed by atoms with van der Waals surface area (Å²) in [6, 6.07) is 15.9. The number of carbonyl (C=O) groups is 1. The van der Waals surface area contributed by atoms with Gasteiger partial charge in [-0.1, -0.05) is 30.3 Å². The van der Waals surface area contributed by atoms with Gasteiger partial charge in [-0.3, -0.25) is 4.79 Å². The van der Waals surface area contributed by atoms with Crippen molar-refractivity contribution in [3.05, 3.63) is 77.9 Å². The molecular weight excluding hydrogens is 338 g/mol. The summed E-state index contributed by atoms with van der Waals surface area (Å²) in [5.41, 5.74) is 3.71. The fraction of sp³-hybridized carbons (Fsp3) is 0.273. The minimum atomic E-state index is -0.0821. The number of nitrogens with zero attached hydrogens (tertiary/aromatic N) is 2. The lowest BCUT2D eigenvalue weighted by molar-refractivity contribution is 0.0952. The number of aryl methyl sites for hydroxylation is 2. The molecule has 0 atom stereocenters. The van der Waals surface area contributed by atoms with Crippen molar-refractivity contribution in [2.75, 3.05) is 13.7 Å². The summed E-state index contributed by atoms with van der Waals surface area (Å²) in [4.78, 5) is 16.6. The number of hydrogen-bond acceptors (Lipinski definition) is 3. The minimum Gasteiger partial charge on any atom is -0.495 e. The van der Waals surface area contributed by atoms with Gasteiger partial charge in [0.2, 0.25) is 0 Å². The summed E-state index contributed by atoms with van der Waals surface area (Å²) in [6.07, 6.45) is 6.68. The number of imidazole rings is 1. The Labute approximate surface area is 160 Å². The molecule has 3 aromatic rings. The Bertz CT molecular complexity index is 888. The van der Waals surface area contributed by atoms with E-state index in [1.165, 1.54) is 5.56 Å². The van der Waals surface area contributed by atoms with Gasteiger partial charge in [0.25, 0.3) is 5.91 Å². The van der Waals surface area contributed by atoms with Gasteiger partial charge in [-0.2, -0.15) is 0 Å². The SMILES string of the molecule is COc1cc(C(=O)NCCCCc2ccccc2)ccc1-n1cnc(C)c1. The monoisotopic (exact) mass is 363 g/mol. The molecule has 1 N–H and O–H groups in total. The largest absolute Gasteiger partial charge is 0.495 e. The number of hydrogen-bond donors (Lipinski definition) is 1. The van der Waals surface area contributed by atoms with Crippen LogP contribution in [-0.2, 0) is 6.42 Å². The maximum absolute atomic E-state index is 12.4. The van der Waals surface area contributed by atoms with E-state index in [-0.39, 0.29) is 5.91 Å². The van der Waals surface area contributed by atoms with Crippen molar-refractivity contribution in [3.63, 3.8) is 0 Å². The van der Waals surface area contributed by atoms with Crippen LogP contribution >= 0.6 is 0 Å². The number of amides is 1. The molecule has 27 heavy (non-hydrogen) atoms. The van der Waals surface area contributed by atoms with Crippen LogP contribution in [0.15, 0.2) is 61.1 Å². The van der Waals surface area contributed by atoms with Crippen LogP contribution in [0.2, 0.25) is 0 Å². The highest BCUT2D eigenvalue weighted by atomic mass is 16.5. The highest BCUT2D eigenvalue weighted by molar-refractivity contribution is 5.95. The van der Waals surface area contributed by atoms with Crippen LogP contribution in [0, 0.1) is 6.92 Å². The molecule has 0 spiro atoms. The lowest BCUT2D eigenvalue weighted by atomic mass is 10.1. The zero-order chi connectivity index (χ0) is 19.1. The molecule has 0 aliphatic rings. The van der Waals surface area contributed by atoms with Gasteiger partial charge in [-0.15, -0.1) is 0 Å². The molecule has 0 fully saturated rings. The normalized spacial score (nSPS) is 10.6. The molecule has 0 aliphatic heterocycles. The van der Waals surface area contributed by atoms with Gasteiger partial charge in [0.1, 0.15) is 5.75 Å². The van der Waals surface area contributed by atoms with Crippen molar-refractivity contribution in [1.82, 2.24) is 14.9 Å². The van der Waals surface area contributed by atoms with Crippen molar-refractivity contribution in [1.29, 1.82) is 0 Å². The van der Waals surface area contributed by atoms with Crippen LogP contribution in [0.3, 0.4) is 0 Å². The molecule has 0 bridgehead atoms. The highest BCUT2D eigenvalue weighted by Crippen LogP contribution is 2.24. The maximum Gasteiger partial charge on any atom is 0.251 e. The average molecular weight is 363 g/mol. The third-order valence-corrected chi connectivity index (χ3v) is 4.45. The van der Waals surface area contributed by atoms with Gasteiger partial charge >= 0.3 is 0 Å². The summed E-state index contributed by atoms with van der Waals surface area (Å²) in [7, 11) is 1.61. The van der Waals surface area contributed by atoms with Gasteiger partial charge < -0.3 is 14.6 Å². The van der Waals surface area contributed by atoms with E-state index in [0.717, 1.165) is 30.6 Å². The summed E-state index contributed by atoms with van der Waals surface area (Å²) < 4.78 is 7.35. The number of aromatic nitrogens is 2. The van der Waals surface area contributed by atoms with Crippen LogP contribution in [0.1, 0.15) is 34.5 Å². The van der Waals surface area contributed by atoms with E-state index in [9.17, 15) is 4.79 Å². The third kappa shape index (κ3) is 4.97.